The molecular weight excluding hydrogens is 166 g/mol. The van der Waals surface area contributed by atoms with Crippen molar-refractivity contribution in [2.75, 3.05) is 0 Å². The molecule has 4 heteroatoms. The largest absolute Gasteiger partial charge is 0.369 e. The van der Waals surface area contributed by atoms with E-state index in [1.807, 2.05) is 0 Å². The highest BCUT2D eigenvalue weighted by molar-refractivity contribution is 5.85. The van der Waals surface area contributed by atoms with Crippen molar-refractivity contribution in [1.29, 1.82) is 0 Å². The standard InChI is InChI=1S/C7H13NO2.ClH/c1-7(2,6(8)10)4-3-5-9;/h5H,3-4H2,1-2H3,(H2,8,10);1H. The van der Waals surface area contributed by atoms with Crippen molar-refractivity contribution in [2.24, 2.45) is 11.1 Å². The van der Waals surface area contributed by atoms with Crippen molar-refractivity contribution in [1.82, 2.24) is 0 Å². The minimum absolute atomic E-state index is 0. The van der Waals surface area contributed by atoms with Gasteiger partial charge >= 0.3 is 0 Å². The molecule has 0 saturated carbocycles. The van der Waals surface area contributed by atoms with Crippen LogP contribution < -0.4 is 5.73 Å². The number of halogens is 1. The summed E-state index contributed by atoms with van der Waals surface area (Å²) in [4.78, 5) is 20.6. The lowest BCUT2D eigenvalue weighted by Gasteiger charge is -2.17. The molecule has 0 atom stereocenters. The van der Waals surface area contributed by atoms with Crippen LogP contribution >= 0.6 is 12.4 Å². The lowest BCUT2D eigenvalue weighted by molar-refractivity contribution is -0.126. The summed E-state index contributed by atoms with van der Waals surface area (Å²) in [5.74, 6) is -0.352. The summed E-state index contributed by atoms with van der Waals surface area (Å²) in [7, 11) is 0. The Labute approximate surface area is 72.7 Å². The molecule has 3 nitrogen and oxygen atoms in total. The van der Waals surface area contributed by atoms with Gasteiger partial charge in [0.15, 0.2) is 0 Å². The molecule has 0 fully saturated rings. The van der Waals surface area contributed by atoms with Crippen LogP contribution in [0, 0.1) is 5.41 Å². The van der Waals surface area contributed by atoms with Crippen LogP contribution in [0.2, 0.25) is 0 Å². The fraction of sp³-hybridized carbons (Fsp3) is 0.714. The second-order valence-corrected chi connectivity index (χ2v) is 2.95. The SMILES string of the molecule is CC(C)(CCC=O)C(N)=O.Cl. The first kappa shape index (κ1) is 13.1. The average Bonchev–Trinajstić information content (AvgIpc) is 1.84. The molecule has 0 radical (unpaired) electrons. The summed E-state index contributed by atoms with van der Waals surface area (Å²) >= 11 is 0. The Morgan fingerprint density at radius 3 is 2.27 bits per heavy atom. The zero-order valence-corrected chi connectivity index (χ0v) is 7.61. The molecular formula is C7H14ClNO2. The van der Waals surface area contributed by atoms with Crippen molar-refractivity contribution in [2.45, 2.75) is 26.7 Å². The third-order valence-corrected chi connectivity index (χ3v) is 1.55. The second-order valence-electron chi connectivity index (χ2n) is 2.95. The zero-order valence-electron chi connectivity index (χ0n) is 6.79. The molecule has 11 heavy (non-hydrogen) atoms. The number of hydrogen-bond acceptors (Lipinski definition) is 2. The first-order valence-corrected chi connectivity index (χ1v) is 3.24. The van der Waals surface area contributed by atoms with Crippen LogP contribution in [0.15, 0.2) is 0 Å². The summed E-state index contributed by atoms with van der Waals surface area (Å²) in [5, 5.41) is 0. The maximum Gasteiger partial charge on any atom is 0.223 e. The van der Waals surface area contributed by atoms with Crippen LogP contribution in [0.5, 0.6) is 0 Å². The fourth-order valence-corrected chi connectivity index (χ4v) is 0.543. The monoisotopic (exact) mass is 179 g/mol. The van der Waals surface area contributed by atoms with Crippen molar-refractivity contribution < 1.29 is 9.59 Å². The zero-order chi connectivity index (χ0) is 8.20. The molecule has 0 rings (SSSR count). The lowest BCUT2D eigenvalue weighted by Crippen LogP contribution is -2.31. The number of amides is 1. The Balaban J connectivity index is 0. The molecule has 66 valence electrons. The third kappa shape index (κ3) is 4.79. The predicted octanol–water partition coefficient (Wildman–Crippen LogP) is 0.899. The van der Waals surface area contributed by atoms with Gasteiger partial charge in [0.25, 0.3) is 0 Å². The highest BCUT2D eigenvalue weighted by Crippen LogP contribution is 2.20. The molecule has 0 saturated heterocycles. The first-order valence-electron chi connectivity index (χ1n) is 3.24. The number of aldehydes is 1. The van der Waals surface area contributed by atoms with E-state index >= 15 is 0 Å². The van der Waals surface area contributed by atoms with E-state index in [4.69, 9.17) is 5.73 Å². The summed E-state index contributed by atoms with van der Waals surface area (Å²) < 4.78 is 0. The van der Waals surface area contributed by atoms with E-state index in [0.29, 0.717) is 12.8 Å². The number of rotatable bonds is 4. The van der Waals surface area contributed by atoms with Crippen molar-refractivity contribution >= 4 is 24.6 Å². The van der Waals surface area contributed by atoms with Gasteiger partial charge in [-0.2, -0.15) is 0 Å². The van der Waals surface area contributed by atoms with Gasteiger partial charge in [-0.15, -0.1) is 12.4 Å². The molecule has 0 unspecified atom stereocenters. The lowest BCUT2D eigenvalue weighted by atomic mass is 9.87. The van der Waals surface area contributed by atoms with Gasteiger partial charge in [0.05, 0.1) is 0 Å². The first-order chi connectivity index (χ1) is 4.50. The smallest absolute Gasteiger partial charge is 0.223 e. The number of nitrogens with two attached hydrogens (primary N) is 1. The van der Waals surface area contributed by atoms with Gasteiger partial charge in [-0.05, 0) is 6.42 Å². The van der Waals surface area contributed by atoms with Gasteiger partial charge < -0.3 is 10.5 Å². The molecule has 1 amide bonds. The molecule has 0 aliphatic heterocycles. The Kier molecular flexibility index (Phi) is 6.09. The highest BCUT2D eigenvalue weighted by atomic mass is 35.5. The number of primary amides is 1. The van der Waals surface area contributed by atoms with Crippen LogP contribution in [0.25, 0.3) is 0 Å². The van der Waals surface area contributed by atoms with Gasteiger partial charge in [-0.25, -0.2) is 0 Å². The van der Waals surface area contributed by atoms with E-state index in [1.165, 1.54) is 0 Å². The van der Waals surface area contributed by atoms with Gasteiger partial charge in [-0.3, -0.25) is 4.79 Å². The van der Waals surface area contributed by atoms with Crippen LogP contribution in [0.1, 0.15) is 26.7 Å². The predicted molar refractivity (Wildman–Crippen MR) is 45.5 cm³/mol. The summed E-state index contributed by atoms with van der Waals surface area (Å²) in [5.41, 5.74) is 4.52. The van der Waals surface area contributed by atoms with E-state index in [-0.39, 0.29) is 18.3 Å². The molecule has 0 aromatic heterocycles. The molecule has 0 heterocycles. The average molecular weight is 180 g/mol. The normalized spacial score (nSPS) is 10.0. The summed E-state index contributed by atoms with van der Waals surface area (Å²) in [6.07, 6.45) is 1.73. The molecule has 0 aromatic carbocycles. The second kappa shape index (κ2) is 5.13. The van der Waals surface area contributed by atoms with Crippen molar-refractivity contribution in [3.63, 3.8) is 0 Å². The minimum Gasteiger partial charge on any atom is -0.369 e. The van der Waals surface area contributed by atoms with Crippen molar-refractivity contribution in [3.05, 3.63) is 0 Å². The third-order valence-electron chi connectivity index (χ3n) is 1.55. The van der Waals surface area contributed by atoms with Crippen LogP contribution in [-0.4, -0.2) is 12.2 Å². The number of carbonyl (C=O) groups is 2. The van der Waals surface area contributed by atoms with E-state index in [2.05, 4.69) is 0 Å². The maximum absolute atomic E-state index is 10.6. The Morgan fingerprint density at radius 1 is 1.55 bits per heavy atom. The van der Waals surface area contributed by atoms with Crippen LogP contribution in [-0.2, 0) is 9.59 Å². The summed E-state index contributed by atoms with van der Waals surface area (Å²) in [6.45, 7) is 3.47. The van der Waals surface area contributed by atoms with E-state index in [1.54, 1.807) is 13.8 Å². The molecule has 0 aliphatic rings. The fourth-order valence-electron chi connectivity index (χ4n) is 0.543. The number of carbonyl (C=O) groups excluding carboxylic acids is 2. The van der Waals surface area contributed by atoms with Crippen molar-refractivity contribution in [3.8, 4) is 0 Å². The minimum atomic E-state index is -0.541. The Morgan fingerprint density at radius 2 is 2.00 bits per heavy atom. The van der Waals surface area contributed by atoms with Gasteiger partial charge in [-0.1, -0.05) is 13.8 Å². The topological polar surface area (TPSA) is 60.2 Å². The van der Waals surface area contributed by atoms with Gasteiger partial charge in [0.1, 0.15) is 6.29 Å². The Hall–Kier alpha value is -0.570. The Bertz CT molecular complexity index is 145. The molecule has 0 aliphatic carbocycles. The van der Waals surface area contributed by atoms with E-state index in [9.17, 15) is 9.59 Å². The molecule has 2 N–H and O–H groups in total. The van der Waals surface area contributed by atoms with E-state index in [0.717, 1.165) is 6.29 Å². The maximum atomic E-state index is 10.6. The quantitative estimate of drug-likeness (QED) is 0.652. The summed E-state index contributed by atoms with van der Waals surface area (Å²) in [6, 6.07) is 0. The molecule has 0 bridgehead atoms. The van der Waals surface area contributed by atoms with Gasteiger partial charge in [0, 0.05) is 11.8 Å². The van der Waals surface area contributed by atoms with Crippen LogP contribution in [0.4, 0.5) is 0 Å². The molecule has 0 aromatic rings. The van der Waals surface area contributed by atoms with Gasteiger partial charge in [0.2, 0.25) is 5.91 Å². The molecule has 0 spiro atoms. The van der Waals surface area contributed by atoms with E-state index < -0.39 is 5.41 Å². The van der Waals surface area contributed by atoms with Crippen LogP contribution in [0.3, 0.4) is 0 Å². The number of hydrogen-bond donors (Lipinski definition) is 1. The highest BCUT2D eigenvalue weighted by Gasteiger charge is 2.23.